The fourth-order valence-corrected chi connectivity index (χ4v) is 4.46. The third-order valence-electron chi connectivity index (χ3n) is 5.99. The van der Waals surface area contributed by atoms with Gasteiger partial charge >= 0.3 is 0 Å². The SMILES string of the molecule is CCN(CC)C(=O)[C@@H]1C[C@H](NC(=O)C2CCCC2)CN1Cc1ccc(C)o1. The molecule has 1 aliphatic heterocycles. The quantitative estimate of drug-likeness (QED) is 0.796. The molecule has 2 fully saturated rings. The number of carbonyl (C=O) groups excluding carboxylic acids is 2. The largest absolute Gasteiger partial charge is 0.465 e. The van der Waals surface area contributed by atoms with Gasteiger partial charge in [-0.15, -0.1) is 0 Å². The lowest BCUT2D eigenvalue weighted by Crippen LogP contribution is -2.45. The Bertz CT molecular complexity index is 647. The summed E-state index contributed by atoms with van der Waals surface area (Å²) in [7, 11) is 0. The molecular formula is C21H33N3O3. The van der Waals surface area contributed by atoms with Crippen LogP contribution in [0.2, 0.25) is 0 Å². The molecule has 0 spiro atoms. The van der Waals surface area contributed by atoms with Crippen molar-refractivity contribution in [3.63, 3.8) is 0 Å². The Kier molecular flexibility index (Phi) is 6.58. The molecule has 2 atom stereocenters. The van der Waals surface area contributed by atoms with Crippen molar-refractivity contribution in [3.8, 4) is 0 Å². The number of carbonyl (C=O) groups is 2. The summed E-state index contributed by atoms with van der Waals surface area (Å²) >= 11 is 0. The van der Waals surface area contributed by atoms with E-state index >= 15 is 0 Å². The lowest BCUT2D eigenvalue weighted by molar-refractivity contribution is -0.136. The second-order valence-corrected chi connectivity index (χ2v) is 7.89. The van der Waals surface area contributed by atoms with Crippen LogP contribution in [0.1, 0.15) is 57.5 Å². The predicted octanol–water partition coefficient (Wildman–Crippen LogP) is 2.71. The Labute approximate surface area is 162 Å². The van der Waals surface area contributed by atoms with Gasteiger partial charge in [0.05, 0.1) is 12.6 Å². The molecule has 3 rings (SSSR count). The summed E-state index contributed by atoms with van der Waals surface area (Å²) in [5, 5.41) is 3.22. The zero-order chi connectivity index (χ0) is 19.4. The first kappa shape index (κ1) is 19.9. The Balaban J connectivity index is 1.69. The zero-order valence-corrected chi connectivity index (χ0v) is 16.9. The zero-order valence-electron chi connectivity index (χ0n) is 16.9. The summed E-state index contributed by atoms with van der Waals surface area (Å²) in [5.41, 5.74) is 0. The molecule has 150 valence electrons. The van der Waals surface area contributed by atoms with Crippen LogP contribution in [0.25, 0.3) is 0 Å². The number of hydrogen-bond acceptors (Lipinski definition) is 4. The van der Waals surface area contributed by atoms with E-state index in [2.05, 4.69) is 10.2 Å². The number of nitrogens with zero attached hydrogens (tertiary/aromatic N) is 2. The minimum atomic E-state index is -0.204. The maximum Gasteiger partial charge on any atom is 0.240 e. The molecule has 1 aromatic rings. The van der Waals surface area contributed by atoms with Crippen LogP contribution < -0.4 is 5.32 Å². The number of likely N-dealkylation sites (tertiary alicyclic amines) is 1. The third-order valence-corrected chi connectivity index (χ3v) is 5.99. The van der Waals surface area contributed by atoms with Gasteiger partial charge in [-0.05, 0) is 52.2 Å². The molecule has 27 heavy (non-hydrogen) atoms. The molecule has 1 aromatic heterocycles. The van der Waals surface area contributed by atoms with Crippen LogP contribution in [0, 0.1) is 12.8 Å². The first-order valence-electron chi connectivity index (χ1n) is 10.4. The summed E-state index contributed by atoms with van der Waals surface area (Å²) in [6, 6.07) is 3.74. The van der Waals surface area contributed by atoms with E-state index < -0.39 is 0 Å². The Morgan fingerprint density at radius 2 is 1.93 bits per heavy atom. The average Bonchev–Trinajstić information content (AvgIpc) is 3.38. The van der Waals surface area contributed by atoms with E-state index in [1.807, 2.05) is 37.8 Å². The van der Waals surface area contributed by atoms with Gasteiger partial charge in [0.25, 0.3) is 0 Å². The van der Waals surface area contributed by atoms with Crippen LogP contribution in [0.4, 0.5) is 0 Å². The molecule has 2 amide bonds. The van der Waals surface area contributed by atoms with Gasteiger partial charge in [-0.1, -0.05) is 12.8 Å². The highest BCUT2D eigenvalue weighted by Crippen LogP contribution is 2.27. The van der Waals surface area contributed by atoms with Crippen LogP contribution in [0.5, 0.6) is 0 Å². The Hall–Kier alpha value is -1.82. The normalized spacial score (nSPS) is 23.7. The maximum absolute atomic E-state index is 13.0. The molecule has 1 N–H and O–H groups in total. The molecule has 6 heteroatoms. The van der Waals surface area contributed by atoms with Crippen molar-refractivity contribution in [1.82, 2.24) is 15.1 Å². The molecule has 0 unspecified atom stereocenters. The lowest BCUT2D eigenvalue weighted by atomic mass is 10.1. The number of likely N-dealkylation sites (N-methyl/N-ethyl adjacent to an activating group) is 1. The molecule has 0 bridgehead atoms. The molecule has 0 radical (unpaired) electrons. The Morgan fingerprint density at radius 1 is 1.22 bits per heavy atom. The smallest absolute Gasteiger partial charge is 0.240 e. The highest BCUT2D eigenvalue weighted by atomic mass is 16.3. The van der Waals surface area contributed by atoms with E-state index in [0.29, 0.717) is 32.6 Å². The van der Waals surface area contributed by atoms with Crippen molar-refractivity contribution >= 4 is 11.8 Å². The summed E-state index contributed by atoms with van der Waals surface area (Å²) in [4.78, 5) is 29.6. The Morgan fingerprint density at radius 3 is 2.52 bits per heavy atom. The van der Waals surface area contributed by atoms with E-state index in [4.69, 9.17) is 4.42 Å². The maximum atomic E-state index is 13.0. The third kappa shape index (κ3) is 4.72. The van der Waals surface area contributed by atoms with Gasteiger partial charge in [0.15, 0.2) is 0 Å². The minimum Gasteiger partial charge on any atom is -0.465 e. The van der Waals surface area contributed by atoms with Crippen LogP contribution in [-0.2, 0) is 16.1 Å². The molecule has 0 aromatic carbocycles. The van der Waals surface area contributed by atoms with Crippen molar-refractivity contribution in [3.05, 3.63) is 23.7 Å². The summed E-state index contributed by atoms with van der Waals surface area (Å²) in [5.74, 6) is 2.22. The van der Waals surface area contributed by atoms with E-state index in [-0.39, 0.29) is 29.8 Å². The summed E-state index contributed by atoms with van der Waals surface area (Å²) in [6.45, 7) is 8.65. The van der Waals surface area contributed by atoms with Crippen molar-refractivity contribution in [2.24, 2.45) is 5.92 Å². The van der Waals surface area contributed by atoms with Gasteiger partial charge in [-0.3, -0.25) is 14.5 Å². The van der Waals surface area contributed by atoms with Gasteiger partial charge in [0, 0.05) is 31.6 Å². The fourth-order valence-electron chi connectivity index (χ4n) is 4.46. The standard InChI is InChI=1S/C21H33N3O3/c1-4-23(5-2)21(26)19-12-17(22-20(25)16-8-6-7-9-16)13-24(19)14-18-11-10-15(3)27-18/h10-11,16-17,19H,4-9,12-14H2,1-3H3,(H,22,25)/t17-,19-/m0/s1. The summed E-state index contributed by atoms with van der Waals surface area (Å²) < 4.78 is 5.73. The van der Waals surface area contributed by atoms with E-state index in [1.54, 1.807) is 0 Å². The van der Waals surface area contributed by atoms with Gasteiger partial charge in [0.1, 0.15) is 11.5 Å². The van der Waals surface area contributed by atoms with E-state index in [1.165, 1.54) is 0 Å². The van der Waals surface area contributed by atoms with Crippen LogP contribution in [-0.4, -0.2) is 53.3 Å². The first-order chi connectivity index (χ1) is 13.0. The molecule has 1 saturated carbocycles. The average molecular weight is 376 g/mol. The van der Waals surface area contributed by atoms with Crippen molar-refractivity contribution in [2.75, 3.05) is 19.6 Å². The minimum absolute atomic E-state index is 0.0265. The number of hydrogen-bond donors (Lipinski definition) is 1. The number of furan rings is 1. The van der Waals surface area contributed by atoms with Gasteiger partial charge in [0.2, 0.25) is 11.8 Å². The second kappa shape index (κ2) is 8.91. The molecule has 1 saturated heterocycles. The lowest BCUT2D eigenvalue weighted by Gasteiger charge is -2.28. The van der Waals surface area contributed by atoms with Crippen molar-refractivity contribution in [2.45, 2.75) is 71.5 Å². The highest BCUT2D eigenvalue weighted by molar-refractivity contribution is 5.83. The van der Waals surface area contributed by atoms with Crippen LogP contribution in [0.15, 0.2) is 16.5 Å². The van der Waals surface area contributed by atoms with Crippen molar-refractivity contribution < 1.29 is 14.0 Å². The van der Waals surface area contributed by atoms with Crippen LogP contribution in [0.3, 0.4) is 0 Å². The molecule has 2 heterocycles. The van der Waals surface area contributed by atoms with E-state index in [0.717, 1.165) is 37.2 Å². The summed E-state index contributed by atoms with van der Waals surface area (Å²) in [6.07, 6.45) is 4.96. The molecular weight excluding hydrogens is 342 g/mol. The highest BCUT2D eigenvalue weighted by Gasteiger charge is 2.40. The second-order valence-electron chi connectivity index (χ2n) is 7.89. The number of aryl methyl sites for hydroxylation is 1. The molecule has 1 aliphatic carbocycles. The first-order valence-corrected chi connectivity index (χ1v) is 10.4. The van der Waals surface area contributed by atoms with Crippen LogP contribution >= 0.6 is 0 Å². The van der Waals surface area contributed by atoms with Gasteiger partial charge in [-0.2, -0.15) is 0 Å². The number of amides is 2. The van der Waals surface area contributed by atoms with Gasteiger partial charge < -0.3 is 14.6 Å². The van der Waals surface area contributed by atoms with Crippen molar-refractivity contribution in [1.29, 1.82) is 0 Å². The molecule has 2 aliphatic rings. The van der Waals surface area contributed by atoms with Gasteiger partial charge in [-0.25, -0.2) is 0 Å². The number of nitrogens with one attached hydrogen (secondary N) is 1. The van der Waals surface area contributed by atoms with E-state index in [9.17, 15) is 9.59 Å². The monoisotopic (exact) mass is 375 g/mol. The topological polar surface area (TPSA) is 65.8 Å². The predicted molar refractivity (Wildman–Crippen MR) is 104 cm³/mol. The number of rotatable bonds is 7. The molecule has 6 nitrogen and oxygen atoms in total. The fraction of sp³-hybridized carbons (Fsp3) is 0.714.